The average molecular weight is 526 g/mol. The summed E-state index contributed by atoms with van der Waals surface area (Å²) in [6.07, 6.45) is -0.634. The Kier molecular flexibility index (Phi) is 8.87. The summed E-state index contributed by atoms with van der Waals surface area (Å²) in [6, 6.07) is 5.22. The van der Waals surface area contributed by atoms with Gasteiger partial charge in [-0.15, -0.1) is 0 Å². The van der Waals surface area contributed by atoms with Crippen molar-refractivity contribution in [3.8, 4) is 5.88 Å². The zero-order valence-electron chi connectivity index (χ0n) is 21.3. The summed E-state index contributed by atoms with van der Waals surface area (Å²) in [5.41, 5.74) is 1.18. The second-order valence-electron chi connectivity index (χ2n) is 10.5. The minimum absolute atomic E-state index is 0.0173. The third-order valence-electron chi connectivity index (χ3n) is 7.53. The van der Waals surface area contributed by atoms with Crippen molar-refractivity contribution in [3.63, 3.8) is 0 Å². The molecule has 4 rings (SSSR count). The van der Waals surface area contributed by atoms with Gasteiger partial charge in [0.1, 0.15) is 18.0 Å². The lowest BCUT2D eigenvalue weighted by molar-refractivity contribution is -0.134. The van der Waals surface area contributed by atoms with Gasteiger partial charge in [-0.1, -0.05) is 6.07 Å². The fraction of sp³-hybridized carbons (Fsp3) is 0.667. The lowest BCUT2D eigenvalue weighted by atomic mass is 9.76. The number of halogens is 4. The van der Waals surface area contributed by atoms with E-state index in [0.29, 0.717) is 68.8 Å². The topological polar surface area (TPSA) is 68.5 Å². The Labute approximate surface area is 214 Å². The molecule has 2 aliphatic rings. The van der Waals surface area contributed by atoms with Crippen molar-refractivity contribution in [2.45, 2.75) is 83.0 Å². The maximum absolute atomic E-state index is 15.5. The number of rotatable bonds is 10. The van der Waals surface area contributed by atoms with E-state index in [0.717, 1.165) is 30.8 Å². The quantitative estimate of drug-likeness (QED) is 0.376. The molecule has 0 saturated heterocycles. The zero-order valence-corrected chi connectivity index (χ0v) is 21.3. The maximum Gasteiger partial charge on any atom is 0.389 e. The molecule has 6 nitrogen and oxygen atoms in total. The third-order valence-corrected chi connectivity index (χ3v) is 7.53. The first kappa shape index (κ1) is 27.5. The van der Waals surface area contributed by atoms with E-state index >= 15 is 4.39 Å². The van der Waals surface area contributed by atoms with E-state index in [-0.39, 0.29) is 24.7 Å². The molecule has 0 aromatic carbocycles. The minimum atomic E-state index is -4.19. The summed E-state index contributed by atoms with van der Waals surface area (Å²) >= 11 is 0. The molecule has 2 aromatic rings. The molecule has 0 spiro atoms. The maximum atomic E-state index is 15.5. The Morgan fingerprint density at radius 3 is 2.68 bits per heavy atom. The molecule has 0 amide bonds. The van der Waals surface area contributed by atoms with Crippen molar-refractivity contribution >= 4 is 5.78 Å². The highest BCUT2D eigenvalue weighted by Crippen LogP contribution is 2.39. The first-order chi connectivity index (χ1) is 17.6. The molecule has 1 aliphatic heterocycles. The van der Waals surface area contributed by atoms with E-state index in [1.807, 2.05) is 6.07 Å². The van der Waals surface area contributed by atoms with Crippen molar-refractivity contribution in [1.29, 1.82) is 0 Å². The highest BCUT2D eigenvalue weighted by molar-refractivity contribution is 5.80. The van der Waals surface area contributed by atoms with Crippen LogP contribution in [0.3, 0.4) is 0 Å². The molecule has 0 radical (unpaired) electrons. The van der Waals surface area contributed by atoms with Crippen LogP contribution in [-0.2, 0) is 24.1 Å². The molecule has 0 unspecified atom stereocenters. The van der Waals surface area contributed by atoms with Crippen molar-refractivity contribution in [2.75, 3.05) is 26.2 Å². The molecule has 0 bridgehead atoms. The Morgan fingerprint density at radius 2 is 1.97 bits per heavy atom. The van der Waals surface area contributed by atoms with E-state index in [4.69, 9.17) is 9.26 Å². The van der Waals surface area contributed by atoms with E-state index < -0.39 is 18.3 Å². The summed E-state index contributed by atoms with van der Waals surface area (Å²) in [7, 11) is 0. The number of fused-ring (bicyclic) bond motifs is 1. The van der Waals surface area contributed by atoms with E-state index in [1.165, 1.54) is 0 Å². The largest absolute Gasteiger partial charge is 0.467 e. The summed E-state index contributed by atoms with van der Waals surface area (Å²) in [5.74, 6) is 1.07. The van der Waals surface area contributed by atoms with Crippen molar-refractivity contribution in [2.24, 2.45) is 5.92 Å². The van der Waals surface area contributed by atoms with Crippen LogP contribution in [0.2, 0.25) is 0 Å². The number of aromatic nitrogens is 2. The molecular formula is C27H35F4N3O3. The monoisotopic (exact) mass is 525 g/mol. The summed E-state index contributed by atoms with van der Waals surface area (Å²) in [5, 5.41) is 3.71. The van der Waals surface area contributed by atoms with E-state index in [9.17, 15) is 18.0 Å². The van der Waals surface area contributed by atoms with Crippen LogP contribution < -0.4 is 4.74 Å². The number of carbonyl (C=O) groups is 1. The molecule has 1 aliphatic carbocycles. The smallest absolute Gasteiger partial charge is 0.389 e. The summed E-state index contributed by atoms with van der Waals surface area (Å²) < 4.78 is 63.5. The molecule has 37 heavy (non-hydrogen) atoms. The number of aryl methyl sites for hydroxylation is 2. The predicted octanol–water partition coefficient (Wildman–Crippen LogP) is 5.60. The van der Waals surface area contributed by atoms with Gasteiger partial charge < -0.3 is 14.2 Å². The lowest BCUT2D eigenvalue weighted by Crippen LogP contribution is -2.36. The van der Waals surface area contributed by atoms with Gasteiger partial charge in [0.2, 0.25) is 0 Å². The van der Waals surface area contributed by atoms with Gasteiger partial charge in [0.05, 0.1) is 0 Å². The van der Waals surface area contributed by atoms with Gasteiger partial charge in [0.25, 0.3) is 5.88 Å². The third kappa shape index (κ3) is 8.51. The number of pyridine rings is 1. The van der Waals surface area contributed by atoms with Crippen LogP contribution in [0.15, 0.2) is 22.7 Å². The summed E-state index contributed by atoms with van der Waals surface area (Å²) in [4.78, 5) is 19.0. The highest BCUT2D eigenvalue weighted by Gasteiger charge is 2.36. The van der Waals surface area contributed by atoms with Gasteiger partial charge in [-0.25, -0.2) is 4.39 Å². The fourth-order valence-electron chi connectivity index (χ4n) is 5.26. The Hall–Kier alpha value is -2.49. The van der Waals surface area contributed by atoms with Gasteiger partial charge in [-0.05, 0) is 74.6 Å². The van der Waals surface area contributed by atoms with Crippen molar-refractivity contribution in [1.82, 2.24) is 15.0 Å². The van der Waals surface area contributed by atoms with Gasteiger partial charge in [0, 0.05) is 56.4 Å². The van der Waals surface area contributed by atoms with E-state index in [1.54, 1.807) is 19.1 Å². The fourth-order valence-corrected chi connectivity index (χ4v) is 5.26. The van der Waals surface area contributed by atoms with Crippen LogP contribution >= 0.6 is 0 Å². The number of hydrogen-bond acceptors (Lipinski definition) is 6. The van der Waals surface area contributed by atoms with Gasteiger partial charge in [-0.2, -0.15) is 13.2 Å². The average Bonchev–Trinajstić information content (AvgIpc) is 3.16. The standard InChI is InChI=1S/C27H35F4N3O3/c1-19-16-25(33-37-19)36-18-23(35)17-20-4-9-26(28,10-5-20)12-15-34-13-7-21-2-3-22(6-11-27(29,30)31)32-24(21)8-14-34/h2-3,16,20H,4-15,17-18H2,1H3. The predicted molar refractivity (Wildman–Crippen MR) is 129 cm³/mol. The Balaban J connectivity index is 1.17. The number of carbonyl (C=O) groups excluding carboxylic acids is 1. The first-order valence-electron chi connectivity index (χ1n) is 13.1. The van der Waals surface area contributed by atoms with Crippen LogP contribution in [0.5, 0.6) is 5.88 Å². The number of ketones is 1. The van der Waals surface area contributed by atoms with Gasteiger partial charge in [-0.3, -0.25) is 9.78 Å². The van der Waals surface area contributed by atoms with Crippen LogP contribution in [0.25, 0.3) is 0 Å². The van der Waals surface area contributed by atoms with Crippen LogP contribution in [-0.4, -0.2) is 58.9 Å². The molecule has 2 aromatic heterocycles. The van der Waals surface area contributed by atoms with Crippen molar-refractivity contribution in [3.05, 3.63) is 40.9 Å². The summed E-state index contributed by atoms with van der Waals surface area (Å²) in [6.45, 7) is 3.84. The van der Waals surface area contributed by atoms with Crippen LogP contribution in [0.4, 0.5) is 17.6 Å². The van der Waals surface area contributed by atoms with Gasteiger partial charge in [0.15, 0.2) is 5.78 Å². The molecule has 1 fully saturated rings. The van der Waals surface area contributed by atoms with Gasteiger partial charge >= 0.3 is 6.18 Å². The molecule has 10 heteroatoms. The van der Waals surface area contributed by atoms with Crippen LogP contribution in [0, 0.1) is 12.8 Å². The SMILES string of the molecule is Cc1cc(OCC(=O)CC2CCC(F)(CCN3CCc4ccc(CCC(F)(F)F)nc4CC3)CC2)no1. The second kappa shape index (κ2) is 11.9. The minimum Gasteiger partial charge on any atom is -0.467 e. The molecule has 0 N–H and O–H groups in total. The molecular weight excluding hydrogens is 490 g/mol. The highest BCUT2D eigenvalue weighted by atomic mass is 19.4. The zero-order chi connectivity index (χ0) is 26.5. The number of alkyl halides is 4. The normalized spacial score (nSPS) is 22.9. The molecule has 0 atom stereocenters. The second-order valence-corrected chi connectivity index (χ2v) is 10.5. The number of hydrogen-bond donors (Lipinski definition) is 0. The number of ether oxygens (including phenoxy) is 1. The number of Topliss-reactive ketones (excluding diaryl/α,β-unsaturated/α-hetero) is 1. The van der Waals surface area contributed by atoms with Crippen molar-refractivity contribution < 1.29 is 31.6 Å². The molecule has 3 heterocycles. The Morgan fingerprint density at radius 1 is 1.22 bits per heavy atom. The lowest BCUT2D eigenvalue weighted by Gasteiger charge is -2.35. The Bertz CT molecular complexity index is 1050. The molecule has 204 valence electrons. The first-order valence-corrected chi connectivity index (χ1v) is 13.1. The molecule has 1 saturated carbocycles. The number of nitrogens with zero attached hydrogens (tertiary/aromatic N) is 3. The van der Waals surface area contributed by atoms with Crippen LogP contribution in [0.1, 0.15) is 67.7 Å². The van der Waals surface area contributed by atoms with E-state index in [2.05, 4.69) is 15.0 Å².